The highest BCUT2D eigenvalue weighted by molar-refractivity contribution is 9.10. The number of ether oxygens (including phenoxy) is 1. The van der Waals surface area contributed by atoms with Crippen molar-refractivity contribution in [2.24, 2.45) is 5.73 Å². The summed E-state index contributed by atoms with van der Waals surface area (Å²) in [6, 6.07) is 1.68. The lowest BCUT2D eigenvalue weighted by Gasteiger charge is -2.22. The molecule has 0 bridgehead atoms. The van der Waals surface area contributed by atoms with Crippen molar-refractivity contribution < 1.29 is 22.7 Å². The van der Waals surface area contributed by atoms with Crippen LogP contribution >= 0.6 is 28.3 Å². The third-order valence-electron chi connectivity index (χ3n) is 2.25. The van der Waals surface area contributed by atoms with E-state index in [1.54, 1.807) is 0 Å². The molecule has 1 rings (SSSR count). The van der Waals surface area contributed by atoms with E-state index in [0.717, 1.165) is 6.07 Å². The summed E-state index contributed by atoms with van der Waals surface area (Å²) in [5.41, 5.74) is 4.81. The molecule has 0 saturated carbocycles. The lowest BCUT2D eigenvalue weighted by molar-refractivity contribution is -0.174. The maximum absolute atomic E-state index is 13.6. The Labute approximate surface area is 122 Å². The van der Waals surface area contributed by atoms with Crippen LogP contribution in [0.2, 0.25) is 0 Å². The highest BCUT2D eigenvalue weighted by Crippen LogP contribution is 2.33. The van der Waals surface area contributed by atoms with Crippen molar-refractivity contribution in [1.82, 2.24) is 0 Å². The quantitative estimate of drug-likeness (QED) is 0.837. The minimum atomic E-state index is -3.99. The van der Waals surface area contributed by atoms with Crippen LogP contribution in [0.25, 0.3) is 0 Å². The summed E-state index contributed by atoms with van der Waals surface area (Å²) in [5.74, 6) is -6.68. The second-order valence-corrected chi connectivity index (χ2v) is 4.32. The molecule has 0 aliphatic rings. The van der Waals surface area contributed by atoms with Gasteiger partial charge in [0.1, 0.15) is 11.9 Å². The van der Waals surface area contributed by atoms with E-state index >= 15 is 0 Å². The van der Waals surface area contributed by atoms with Gasteiger partial charge in [-0.1, -0.05) is 12.1 Å². The van der Waals surface area contributed by atoms with Gasteiger partial charge in [0.25, 0.3) is 0 Å². The molecule has 0 heterocycles. The Morgan fingerprint density at radius 1 is 1.53 bits per heavy atom. The largest absolute Gasteiger partial charge is 0.462 e. The number of halogens is 5. The number of alkyl halides is 2. The normalized spacial score (nSPS) is 12.5. The number of carbonyl (C=O) groups excluding carboxylic acids is 1. The van der Waals surface area contributed by atoms with Crippen molar-refractivity contribution in [2.45, 2.75) is 18.9 Å². The highest BCUT2D eigenvalue weighted by atomic mass is 79.9. The van der Waals surface area contributed by atoms with Crippen LogP contribution in [0.3, 0.4) is 0 Å². The molecule has 8 heteroatoms. The van der Waals surface area contributed by atoms with Gasteiger partial charge in [0.2, 0.25) is 0 Å². The van der Waals surface area contributed by atoms with Crippen molar-refractivity contribution in [1.29, 1.82) is 0 Å². The number of carbonyl (C=O) groups is 1. The average molecular weight is 363 g/mol. The van der Waals surface area contributed by atoms with Crippen LogP contribution in [0, 0.1) is 5.82 Å². The predicted molar refractivity (Wildman–Crippen MR) is 69.9 cm³/mol. The van der Waals surface area contributed by atoms with Gasteiger partial charge in [0.05, 0.1) is 11.1 Å². The lowest BCUT2D eigenvalue weighted by atomic mass is 10.0. The molecule has 1 aromatic rings. The van der Waals surface area contributed by atoms with Crippen molar-refractivity contribution in [2.75, 3.05) is 6.61 Å². The van der Waals surface area contributed by atoms with E-state index in [1.165, 1.54) is 19.1 Å². The van der Waals surface area contributed by atoms with E-state index in [4.69, 9.17) is 5.73 Å². The second kappa shape index (κ2) is 7.12. The Balaban J connectivity index is 0.00000324. The molecule has 3 nitrogen and oxygen atoms in total. The smallest absolute Gasteiger partial charge is 0.379 e. The van der Waals surface area contributed by atoms with Gasteiger partial charge in [0.15, 0.2) is 0 Å². The highest BCUT2D eigenvalue weighted by Gasteiger charge is 2.48. The van der Waals surface area contributed by atoms with E-state index in [-0.39, 0.29) is 23.5 Å². The van der Waals surface area contributed by atoms with Gasteiger partial charge in [-0.2, -0.15) is 8.78 Å². The molecule has 0 unspecified atom stereocenters. The molecule has 1 aromatic carbocycles. The van der Waals surface area contributed by atoms with Gasteiger partial charge < -0.3 is 10.5 Å². The van der Waals surface area contributed by atoms with Crippen molar-refractivity contribution in [3.05, 3.63) is 34.1 Å². The maximum atomic E-state index is 13.6. The first kappa shape index (κ1) is 18.2. The van der Waals surface area contributed by atoms with Crippen LogP contribution in [0.15, 0.2) is 22.7 Å². The fourth-order valence-electron chi connectivity index (χ4n) is 1.31. The molecule has 0 amide bonds. The Morgan fingerprint density at radius 2 is 2.11 bits per heavy atom. The van der Waals surface area contributed by atoms with E-state index in [0.29, 0.717) is 0 Å². The summed E-state index contributed by atoms with van der Waals surface area (Å²) in [5, 5.41) is 0. The molecule has 1 atom stereocenters. The molecule has 0 fully saturated rings. The minimum Gasteiger partial charge on any atom is -0.462 e. The topological polar surface area (TPSA) is 52.3 Å². The summed E-state index contributed by atoms with van der Waals surface area (Å²) in [4.78, 5) is 11.1. The summed E-state index contributed by atoms with van der Waals surface area (Å²) in [7, 11) is 0. The van der Waals surface area contributed by atoms with Crippen LogP contribution in [0.4, 0.5) is 13.2 Å². The van der Waals surface area contributed by atoms with Crippen LogP contribution in [0.1, 0.15) is 18.5 Å². The van der Waals surface area contributed by atoms with Gasteiger partial charge in [-0.25, -0.2) is 9.18 Å². The number of benzene rings is 1. The fourth-order valence-corrected chi connectivity index (χ4v) is 1.69. The molecule has 2 N–H and O–H groups in total. The number of hydrogen-bond donors (Lipinski definition) is 1. The summed E-state index contributed by atoms with van der Waals surface area (Å²) < 4.78 is 45.1. The molecule has 0 aliphatic carbocycles. The molecule has 19 heavy (non-hydrogen) atoms. The van der Waals surface area contributed by atoms with Crippen LogP contribution in [-0.2, 0) is 9.53 Å². The van der Waals surface area contributed by atoms with Gasteiger partial charge in [0, 0.05) is 5.56 Å². The van der Waals surface area contributed by atoms with E-state index < -0.39 is 29.3 Å². The Kier molecular flexibility index (Phi) is 6.82. The molecule has 0 aliphatic heterocycles. The van der Waals surface area contributed by atoms with Crippen LogP contribution in [0.5, 0.6) is 0 Å². The first-order chi connectivity index (χ1) is 8.32. The van der Waals surface area contributed by atoms with Crippen molar-refractivity contribution in [3.8, 4) is 0 Å². The minimum absolute atomic E-state index is 0. The predicted octanol–water partition coefficient (Wildman–Crippen LogP) is 3.21. The SMILES string of the molecule is CCOC(=O)C(F)(F)[C@@H](N)c1cccc(Br)c1F.Cl. The maximum Gasteiger partial charge on any atom is 0.379 e. The monoisotopic (exact) mass is 361 g/mol. The standard InChI is InChI=1S/C11H11BrF3NO2.ClH/c1-2-18-10(17)11(14,15)9(16)6-4-3-5-7(12)8(6)13;/h3-5,9H,2,16H2,1H3;1H/t9-;/m0./s1. The molecule has 108 valence electrons. The Hall–Kier alpha value is -0.790. The number of esters is 1. The summed E-state index contributed by atoms with van der Waals surface area (Å²) >= 11 is 2.86. The van der Waals surface area contributed by atoms with E-state index in [1.807, 2.05) is 0 Å². The zero-order valence-electron chi connectivity index (χ0n) is 9.83. The third-order valence-corrected chi connectivity index (χ3v) is 2.87. The molecule has 0 radical (unpaired) electrons. The van der Waals surface area contributed by atoms with Gasteiger partial charge in [-0.15, -0.1) is 12.4 Å². The zero-order valence-corrected chi connectivity index (χ0v) is 12.2. The van der Waals surface area contributed by atoms with E-state index in [2.05, 4.69) is 20.7 Å². The Morgan fingerprint density at radius 3 is 2.63 bits per heavy atom. The fraction of sp³-hybridized carbons (Fsp3) is 0.364. The number of hydrogen-bond acceptors (Lipinski definition) is 3. The summed E-state index contributed by atoms with van der Waals surface area (Å²) in [6.45, 7) is 1.18. The van der Waals surface area contributed by atoms with Crippen molar-refractivity contribution >= 4 is 34.3 Å². The first-order valence-corrected chi connectivity index (χ1v) is 5.86. The van der Waals surface area contributed by atoms with Gasteiger partial charge in [-0.3, -0.25) is 0 Å². The molecule has 0 aromatic heterocycles. The summed E-state index contributed by atoms with van der Waals surface area (Å²) in [6.07, 6.45) is 0. The Bertz CT molecular complexity index is 460. The second-order valence-electron chi connectivity index (χ2n) is 3.46. The molecular weight excluding hydrogens is 350 g/mol. The zero-order chi connectivity index (χ0) is 13.9. The van der Waals surface area contributed by atoms with Gasteiger partial charge in [-0.05, 0) is 28.9 Å². The molecular formula is C11H12BrClF3NO2. The lowest BCUT2D eigenvalue weighted by Crippen LogP contribution is -2.42. The third kappa shape index (κ3) is 3.84. The first-order valence-electron chi connectivity index (χ1n) is 5.06. The number of nitrogens with two attached hydrogens (primary N) is 1. The van der Waals surface area contributed by atoms with Gasteiger partial charge >= 0.3 is 11.9 Å². The average Bonchev–Trinajstić information content (AvgIpc) is 2.32. The van der Waals surface area contributed by atoms with Crippen LogP contribution < -0.4 is 5.73 Å². The molecule has 0 saturated heterocycles. The number of rotatable bonds is 4. The van der Waals surface area contributed by atoms with Crippen molar-refractivity contribution in [3.63, 3.8) is 0 Å². The van der Waals surface area contributed by atoms with E-state index in [9.17, 15) is 18.0 Å². The van der Waals surface area contributed by atoms with Crippen LogP contribution in [-0.4, -0.2) is 18.5 Å². The molecule has 0 spiro atoms.